The monoisotopic (exact) mass is 274 g/mol. The molecular weight excluding hydrogens is 252 g/mol. The highest BCUT2D eigenvalue weighted by molar-refractivity contribution is 5.74. The van der Waals surface area contributed by atoms with Gasteiger partial charge in [-0.3, -0.25) is 4.98 Å². The molecule has 0 bridgehead atoms. The Morgan fingerprint density at radius 3 is 2.95 bits per heavy atom. The van der Waals surface area contributed by atoms with Crippen LogP contribution in [-0.2, 0) is 13.1 Å². The largest absolute Gasteiger partial charge is 0.338 e. The highest BCUT2D eigenvalue weighted by Crippen LogP contribution is 2.21. The normalized spacial score (nSPS) is 17.7. The first-order chi connectivity index (χ1) is 9.83. The van der Waals surface area contributed by atoms with Crippen LogP contribution in [0.15, 0.2) is 18.5 Å². The molecule has 20 heavy (non-hydrogen) atoms. The predicted molar refractivity (Wildman–Crippen MR) is 77.1 cm³/mol. The van der Waals surface area contributed by atoms with Gasteiger partial charge in [-0.25, -0.2) is 4.79 Å². The number of amides is 2. The average molecular weight is 274 g/mol. The topological polar surface area (TPSA) is 57.3 Å². The Morgan fingerprint density at radius 1 is 1.35 bits per heavy atom. The number of urea groups is 1. The first-order valence-corrected chi connectivity index (χ1v) is 7.48. The van der Waals surface area contributed by atoms with E-state index in [1.54, 1.807) is 6.20 Å². The zero-order valence-corrected chi connectivity index (χ0v) is 11.8. The molecular formula is C15H22N4O. The molecule has 5 nitrogen and oxygen atoms in total. The SMILES string of the molecule is O=C(NCCCCC1CNC1)N1Cc2ccncc2C1. The fourth-order valence-electron chi connectivity index (χ4n) is 2.78. The Morgan fingerprint density at radius 2 is 2.20 bits per heavy atom. The van der Waals surface area contributed by atoms with Gasteiger partial charge in [-0.1, -0.05) is 6.42 Å². The van der Waals surface area contributed by atoms with E-state index in [1.165, 1.54) is 37.1 Å². The summed E-state index contributed by atoms with van der Waals surface area (Å²) in [6, 6.07) is 2.04. The van der Waals surface area contributed by atoms with Gasteiger partial charge in [0.2, 0.25) is 0 Å². The van der Waals surface area contributed by atoms with Crippen LogP contribution >= 0.6 is 0 Å². The number of hydrogen-bond acceptors (Lipinski definition) is 3. The van der Waals surface area contributed by atoms with Gasteiger partial charge in [0.05, 0.1) is 0 Å². The molecule has 0 atom stereocenters. The van der Waals surface area contributed by atoms with Gasteiger partial charge in [-0.05, 0) is 49.0 Å². The lowest BCUT2D eigenvalue weighted by Gasteiger charge is -2.26. The summed E-state index contributed by atoms with van der Waals surface area (Å²) in [7, 11) is 0. The number of nitrogens with one attached hydrogen (secondary N) is 2. The van der Waals surface area contributed by atoms with Crippen LogP contribution in [-0.4, -0.2) is 35.5 Å². The Hall–Kier alpha value is -1.62. The number of rotatable bonds is 5. The Bertz CT molecular complexity index is 448. The zero-order valence-electron chi connectivity index (χ0n) is 11.8. The van der Waals surface area contributed by atoms with Crippen molar-refractivity contribution in [2.24, 2.45) is 5.92 Å². The maximum absolute atomic E-state index is 12.1. The van der Waals surface area contributed by atoms with Crippen molar-refractivity contribution in [2.75, 3.05) is 19.6 Å². The van der Waals surface area contributed by atoms with Crippen LogP contribution in [0.2, 0.25) is 0 Å². The van der Waals surface area contributed by atoms with E-state index in [0.29, 0.717) is 13.1 Å². The molecule has 2 aliphatic heterocycles. The minimum atomic E-state index is 0.0477. The quantitative estimate of drug-likeness (QED) is 0.800. The maximum atomic E-state index is 12.1. The van der Waals surface area contributed by atoms with Gasteiger partial charge in [-0.15, -0.1) is 0 Å². The number of carbonyl (C=O) groups is 1. The van der Waals surface area contributed by atoms with Crippen molar-refractivity contribution in [1.82, 2.24) is 20.5 Å². The van der Waals surface area contributed by atoms with E-state index in [0.717, 1.165) is 18.9 Å². The van der Waals surface area contributed by atoms with E-state index in [1.807, 2.05) is 17.2 Å². The molecule has 1 fully saturated rings. The number of fused-ring (bicyclic) bond motifs is 1. The van der Waals surface area contributed by atoms with E-state index in [-0.39, 0.29) is 6.03 Å². The second-order valence-corrected chi connectivity index (χ2v) is 5.75. The smallest absolute Gasteiger partial charge is 0.318 e. The summed E-state index contributed by atoms with van der Waals surface area (Å²) in [5.41, 5.74) is 2.38. The van der Waals surface area contributed by atoms with E-state index in [9.17, 15) is 4.79 Å². The van der Waals surface area contributed by atoms with Gasteiger partial charge in [0.25, 0.3) is 0 Å². The van der Waals surface area contributed by atoms with E-state index < -0.39 is 0 Å². The number of unbranched alkanes of at least 4 members (excludes halogenated alkanes) is 1. The van der Waals surface area contributed by atoms with Gasteiger partial charge in [0, 0.05) is 32.0 Å². The maximum Gasteiger partial charge on any atom is 0.318 e. The van der Waals surface area contributed by atoms with Crippen molar-refractivity contribution in [1.29, 1.82) is 0 Å². The molecule has 0 aromatic carbocycles. The minimum Gasteiger partial charge on any atom is -0.338 e. The van der Waals surface area contributed by atoms with Crippen LogP contribution in [0.1, 0.15) is 30.4 Å². The fourth-order valence-corrected chi connectivity index (χ4v) is 2.78. The van der Waals surface area contributed by atoms with E-state index in [2.05, 4.69) is 15.6 Å². The molecule has 1 aromatic rings. The van der Waals surface area contributed by atoms with Gasteiger partial charge in [0.1, 0.15) is 0 Å². The summed E-state index contributed by atoms with van der Waals surface area (Å²) in [5, 5.41) is 6.30. The molecule has 2 aliphatic rings. The zero-order chi connectivity index (χ0) is 13.8. The molecule has 3 rings (SSSR count). The van der Waals surface area contributed by atoms with Crippen molar-refractivity contribution >= 4 is 6.03 Å². The molecule has 2 N–H and O–H groups in total. The van der Waals surface area contributed by atoms with Gasteiger partial charge < -0.3 is 15.5 Å². The summed E-state index contributed by atoms with van der Waals surface area (Å²) in [4.78, 5) is 18.0. The predicted octanol–water partition coefficient (Wildman–Crippen LogP) is 1.50. The molecule has 0 radical (unpaired) electrons. The average Bonchev–Trinajstić information content (AvgIpc) is 2.84. The van der Waals surface area contributed by atoms with Gasteiger partial charge in [-0.2, -0.15) is 0 Å². The second-order valence-electron chi connectivity index (χ2n) is 5.75. The second kappa shape index (κ2) is 6.22. The standard InChI is InChI=1S/C15H22N4O/c20-15(18-5-2-1-3-12-7-17-8-12)19-10-13-4-6-16-9-14(13)11-19/h4,6,9,12,17H,1-3,5,7-8,10-11H2,(H,18,20). The highest BCUT2D eigenvalue weighted by atomic mass is 16.2. The third-order valence-electron chi connectivity index (χ3n) is 4.20. The van der Waals surface area contributed by atoms with Crippen LogP contribution in [0.3, 0.4) is 0 Å². The minimum absolute atomic E-state index is 0.0477. The number of nitrogens with zero attached hydrogens (tertiary/aromatic N) is 2. The van der Waals surface area contributed by atoms with Crippen molar-refractivity contribution in [3.63, 3.8) is 0 Å². The number of pyridine rings is 1. The van der Waals surface area contributed by atoms with Crippen LogP contribution in [0.25, 0.3) is 0 Å². The lowest BCUT2D eigenvalue weighted by Crippen LogP contribution is -2.41. The fraction of sp³-hybridized carbons (Fsp3) is 0.600. The molecule has 2 amide bonds. The molecule has 0 spiro atoms. The lowest BCUT2D eigenvalue weighted by molar-refractivity contribution is 0.198. The van der Waals surface area contributed by atoms with Gasteiger partial charge >= 0.3 is 6.03 Å². The summed E-state index contributed by atoms with van der Waals surface area (Å²) in [5.74, 6) is 0.867. The van der Waals surface area contributed by atoms with Crippen LogP contribution < -0.4 is 10.6 Å². The summed E-state index contributed by atoms with van der Waals surface area (Å²) < 4.78 is 0. The molecule has 1 aromatic heterocycles. The lowest BCUT2D eigenvalue weighted by atomic mass is 9.96. The summed E-state index contributed by atoms with van der Waals surface area (Å²) >= 11 is 0. The molecule has 1 saturated heterocycles. The van der Waals surface area contributed by atoms with Crippen molar-refractivity contribution in [3.8, 4) is 0 Å². The van der Waals surface area contributed by atoms with E-state index in [4.69, 9.17) is 0 Å². The van der Waals surface area contributed by atoms with Crippen LogP contribution in [0.4, 0.5) is 4.79 Å². The third-order valence-corrected chi connectivity index (χ3v) is 4.20. The first kappa shape index (κ1) is 13.4. The van der Waals surface area contributed by atoms with Crippen molar-refractivity contribution in [2.45, 2.75) is 32.4 Å². The van der Waals surface area contributed by atoms with Crippen LogP contribution in [0.5, 0.6) is 0 Å². The van der Waals surface area contributed by atoms with Gasteiger partial charge in [0.15, 0.2) is 0 Å². The molecule has 3 heterocycles. The van der Waals surface area contributed by atoms with Crippen molar-refractivity contribution in [3.05, 3.63) is 29.6 Å². The third kappa shape index (κ3) is 3.10. The molecule has 0 saturated carbocycles. The Balaban J connectivity index is 1.33. The molecule has 108 valence electrons. The molecule has 0 unspecified atom stereocenters. The van der Waals surface area contributed by atoms with E-state index >= 15 is 0 Å². The number of aromatic nitrogens is 1. The molecule has 0 aliphatic carbocycles. The number of carbonyl (C=O) groups excluding carboxylic acids is 1. The first-order valence-electron chi connectivity index (χ1n) is 7.48. The van der Waals surface area contributed by atoms with Crippen molar-refractivity contribution < 1.29 is 4.79 Å². The summed E-state index contributed by atoms with van der Waals surface area (Å²) in [6.45, 7) is 4.52. The van der Waals surface area contributed by atoms with Crippen LogP contribution in [0, 0.1) is 5.92 Å². The summed E-state index contributed by atoms with van der Waals surface area (Å²) in [6.07, 6.45) is 7.20. The Labute approximate surface area is 119 Å². The number of hydrogen-bond donors (Lipinski definition) is 2. The highest BCUT2D eigenvalue weighted by Gasteiger charge is 2.22. The molecule has 5 heteroatoms. The Kier molecular flexibility index (Phi) is 4.16.